The molecule has 2 rings (SSSR count). The van der Waals surface area contributed by atoms with Crippen LogP contribution in [0.5, 0.6) is 0 Å². The smallest absolute Gasteiger partial charge is 0.338 e. The van der Waals surface area contributed by atoms with Crippen molar-refractivity contribution in [2.45, 2.75) is 30.7 Å². The third-order valence-electron chi connectivity index (χ3n) is 2.05. The van der Waals surface area contributed by atoms with Gasteiger partial charge in [-0.05, 0) is 0 Å². The summed E-state index contributed by atoms with van der Waals surface area (Å²) in [6.07, 6.45) is -5.94. The summed E-state index contributed by atoms with van der Waals surface area (Å²) in [5.74, 6) is -0.823. The minimum Gasteiger partial charge on any atom is -0.454 e. The number of esters is 1. The number of carbonyl (C=O) groups excluding carboxylic acids is 1. The monoisotopic (exact) mass is 176 g/mol. The lowest BCUT2D eigenvalue weighted by Gasteiger charge is -2.10. The molecule has 6 nitrogen and oxygen atoms in total. The third kappa shape index (κ3) is 0.862. The molecular formula is C6H8O6. The molecule has 2 fully saturated rings. The highest BCUT2D eigenvalue weighted by Gasteiger charge is 2.56. The van der Waals surface area contributed by atoms with Crippen molar-refractivity contribution in [2.24, 2.45) is 0 Å². The van der Waals surface area contributed by atoms with Gasteiger partial charge in [0.25, 0.3) is 0 Å². The van der Waals surface area contributed by atoms with Crippen LogP contribution in [0.1, 0.15) is 0 Å². The Bertz CT molecular complexity index is 216. The summed E-state index contributed by atoms with van der Waals surface area (Å²) in [6, 6.07) is 0. The van der Waals surface area contributed by atoms with Crippen LogP contribution in [0.25, 0.3) is 0 Å². The highest BCUT2D eigenvalue weighted by Crippen LogP contribution is 2.30. The Labute approximate surface area is 67.3 Å². The van der Waals surface area contributed by atoms with E-state index in [1.807, 2.05) is 0 Å². The van der Waals surface area contributed by atoms with Crippen LogP contribution in [0.4, 0.5) is 0 Å². The summed E-state index contributed by atoms with van der Waals surface area (Å²) in [4.78, 5) is 10.7. The van der Waals surface area contributed by atoms with Gasteiger partial charge < -0.3 is 24.8 Å². The van der Waals surface area contributed by atoms with Gasteiger partial charge in [0, 0.05) is 0 Å². The Hall–Kier alpha value is -0.690. The molecule has 0 aromatic carbocycles. The lowest BCUT2D eigenvalue weighted by Crippen LogP contribution is -2.32. The number of hydrogen-bond donors (Lipinski definition) is 3. The van der Waals surface area contributed by atoms with Crippen molar-refractivity contribution >= 4 is 5.97 Å². The molecule has 2 aliphatic heterocycles. The maximum Gasteiger partial charge on any atom is 0.338 e. The predicted molar refractivity (Wildman–Crippen MR) is 32.8 cm³/mol. The molecule has 2 heterocycles. The maximum atomic E-state index is 10.7. The maximum absolute atomic E-state index is 10.7. The molecule has 2 aliphatic rings. The van der Waals surface area contributed by atoms with E-state index in [0.29, 0.717) is 0 Å². The third-order valence-corrected chi connectivity index (χ3v) is 2.05. The number of rotatable bonds is 0. The number of carbonyl (C=O) groups is 1. The summed E-state index contributed by atoms with van der Waals surface area (Å²) < 4.78 is 9.25. The summed E-state index contributed by atoms with van der Waals surface area (Å²) in [6.45, 7) is 0. The average Bonchev–Trinajstić information content (AvgIpc) is 2.43. The molecule has 3 N–H and O–H groups in total. The SMILES string of the molecule is O=C1O[C@@H]2[C@@H](OC(O)[C@H]2O)[C@@H]1O. The van der Waals surface area contributed by atoms with Crippen LogP contribution in [0.15, 0.2) is 0 Å². The van der Waals surface area contributed by atoms with E-state index in [9.17, 15) is 4.79 Å². The van der Waals surface area contributed by atoms with Crippen molar-refractivity contribution in [1.82, 2.24) is 0 Å². The van der Waals surface area contributed by atoms with E-state index >= 15 is 0 Å². The highest BCUT2D eigenvalue weighted by molar-refractivity contribution is 5.78. The first-order valence-corrected chi connectivity index (χ1v) is 3.51. The first-order chi connectivity index (χ1) is 5.61. The average molecular weight is 176 g/mol. The van der Waals surface area contributed by atoms with Gasteiger partial charge in [0.15, 0.2) is 18.5 Å². The summed E-state index contributed by atoms with van der Waals surface area (Å²) in [7, 11) is 0. The van der Waals surface area contributed by atoms with Crippen molar-refractivity contribution in [3.8, 4) is 0 Å². The molecule has 0 bridgehead atoms. The van der Waals surface area contributed by atoms with Crippen molar-refractivity contribution in [3.05, 3.63) is 0 Å². The van der Waals surface area contributed by atoms with E-state index in [-0.39, 0.29) is 0 Å². The lowest BCUT2D eigenvalue weighted by molar-refractivity contribution is -0.168. The van der Waals surface area contributed by atoms with Crippen LogP contribution >= 0.6 is 0 Å². The molecule has 68 valence electrons. The molecule has 0 aromatic heterocycles. The van der Waals surface area contributed by atoms with Gasteiger partial charge >= 0.3 is 5.97 Å². The fourth-order valence-corrected chi connectivity index (χ4v) is 1.40. The first kappa shape index (κ1) is 7.93. The van der Waals surface area contributed by atoms with Crippen molar-refractivity contribution in [1.29, 1.82) is 0 Å². The Morgan fingerprint density at radius 2 is 1.83 bits per heavy atom. The lowest BCUT2D eigenvalue weighted by atomic mass is 10.1. The topological polar surface area (TPSA) is 96.2 Å². The number of aliphatic hydroxyl groups is 3. The quantitative estimate of drug-likeness (QED) is 0.349. The molecule has 6 heteroatoms. The number of aliphatic hydroxyl groups excluding tert-OH is 3. The van der Waals surface area contributed by atoms with Crippen LogP contribution in [0.3, 0.4) is 0 Å². The Morgan fingerprint density at radius 1 is 1.17 bits per heavy atom. The molecule has 12 heavy (non-hydrogen) atoms. The van der Waals surface area contributed by atoms with Gasteiger partial charge in [-0.15, -0.1) is 0 Å². The van der Waals surface area contributed by atoms with E-state index in [1.165, 1.54) is 0 Å². The van der Waals surface area contributed by atoms with Crippen LogP contribution in [0, 0.1) is 0 Å². The normalized spacial score (nSPS) is 52.2. The Morgan fingerprint density at radius 3 is 2.42 bits per heavy atom. The zero-order valence-corrected chi connectivity index (χ0v) is 5.95. The molecule has 2 saturated heterocycles. The molecule has 0 radical (unpaired) electrons. The van der Waals surface area contributed by atoms with Crippen LogP contribution < -0.4 is 0 Å². The van der Waals surface area contributed by atoms with Gasteiger partial charge in [-0.3, -0.25) is 0 Å². The molecule has 5 atom stereocenters. The largest absolute Gasteiger partial charge is 0.454 e. The molecule has 0 saturated carbocycles. The zero-order valence-electron chi connectivity index (χ0n) is 5.95. The number of fused-ring (bicyclic) bond motifs is 1. The van der Waals surface area contributed by atoms with Crippen LogP contribution in [-0.4, -0.2) is 52.0 Å². The zero-order chi connectivity index (χ0) is 8.88. The molecule has 1 unspecified atom stereocenters. The number of hydrogen-bond acceptors (Lipinski definition) is 6. The van der Waals surface area contributed by atoms with Gasteiger partial charge in [0.1, 0.15) is 12.2 Å². The molecule has 0 aliphatic carbocycles. The summed E-state index contributed by atoms with van der Waals surface area (Å²) in [5.41, 5.74) is 0. The summed E-state index contributed by atoms with van der Waals surface area (Å²) >= 11 is 0. The molecule has 0 amide bonds. The molecule has 0 spiro atoms. The van der Waals surface area contributed by atoms with Crippen molar-refractivity contribution in [3.63, 3.8) is 0 Å². The van der Waals surface area contributed by atoms with Gasteiger partial charge in [0.2, 0.25) is 0 Å². The minimum absolute atomic E-state index is 0.823. The predicted octanol–water partition coefficient (Wildman–Crippen LogP) is -2.65. The molecule has 0 aromatic rings. The highest BCUT2D eigenvalue weighted by atomic mass is 16.7. The number of ether oxygens (including phenoxy) is 2. The van der Waals surface area contributed by atoms with Gasteiger partial charge in [-0.25, -0.2) is 4.79 Å². The van der Waals surface area contributed by atoms with Gasteiger partial charge in [-0.1, -0.05) is 0 Å². The Balaban J connectivity index is 2.19. The second kappa shape index (κ2) is 2.40. The summed E-state index contributed by atoms with van der Waals surface area (Å²) in [5, 5.41) is 27.2. The molecular weight excluding hydrogens is 168 g/mol. The van der Waals surface area contributed by atoms with Gasteiger partial charge in [-0.2, -0.15) is 0 Å². The van der Waals surface area contributed by atoms with Crippen LogP contribution in [-0.2, 0) is 14.3 Å². The second-order valence-electron chi connectivity index (χ2n) is 2.83. The first-order valence-electron chi connectivity index (χ1n) is 3.51. The van der Waals surface area contributed by atoms with E-state index < -0.39 is 36.7 Å². The minimum atomic E-state index is -1.40. The van der Waals surface area contributed by atoms with Crippen molar-refractivity contribution in [2.75, 3.05) is 0 Å². The van der Waals surface area contributed by atoms with E-state index in [1.54, 1.807) is 0 Å². The van der Waals surface area contributed by atoms with E-state index in [0.717, 1.165) is 0 Å². The fourth-order valence-electron chi connectivity index (χ4n) is 1.40. The van der Waals surface area contributed by atoms with E-state index in [4.69, 9.17) is 15.3 Å². The van der Waals surface area contributed by atoms with Gasteiger partial charge in [0.05, 0.1) is 0 Å². The standard InChI is InChI=1S/C6H8O6/c7-1-3-4(12-5(1)9)2(8)6(10)11-3/h1-5,7-9H/t1-,2-,3-,4-,5?/m0/s1. The Kier molecular flexibility index (Phi) is 1.58. The fraction of sp³-hybridized carbons (Fsp3) is 0.833. The van der Waals surface area contributed by atoms with Crippen LogP contribution in [0.2, 0.25) is 0 Å². The second-order valence-corrected chi connectivity index (χ2v) is 2.83. The van der Waals surface area contributed by atoms with E-state index in [2.05, 4.69) is 9.47 Å². The van der Waals surface area contributed by atoms with Crippen molar-refractivity contribution < 1.29 is 29.6 Å².